The Labute approximate surface area is 129 Å². The second-order valence-electron chi connectivity index (χ2n) is 4.64. The van der Waals surface area contributed by atoms with E-state index in [-0.39, 0.29) is 0 Å². The van der Waals surface area contributed by atoms with Crippen molar-refractivity contribution in [2.75, 3.05) is 26.2 Å². The topological polar surface area (TPSA) is 28.2 Å². The number of aromatic nitrogens is 1. The van der Waals surface area contributed by atoms with Crippen LogP contribution >= 0.6 is 38.6 Å². The number of hydrogen-bond acceptors (Lipinski definition) is 5. The maximum atomic E-state index is 4.81. The molecule has 0 aliphatic carbocycles. The molecule has 1 aliphatic heterocycles. The van der Waals surface area contributed by atoms with Gasteiger partial charge in [-0.3, -0.25) is 4.90 Å². The predicted molar refractivity (Wildman–Crippen MR) is 86.0 cm³/mol. The fourth-order valence-electron chi connectivity index (χ4n) is 2.27. The number of thiophene rings is 1. The van der Waals surface area contributed by atoms with Gasteiger partial charge in [0.25, 0.3) is 0 Å². The van der Waals surface area contributed by atoms with Gasteiger partial charge < -0.3 is 5.32 Å². The minimum Gasteiger partial charge on any atom is -0.314 e. The summed E-state index contributed by atoms with van der Waals surface area (Å²) in [6.07, 6.45) is 0. The van der Waals surface area contributed by atoms with Crippen LogP contribution in [0.5, 0.6) is 0 Å². The molecule has 0 bridgehead atoms. The number of piperazine rings is 1. The summed E-state index contributed by atoms with van der Waals surface area (Å²) in [6, 6.07) is 4.63. The van der Waals surface area contributed by atoms with Crippen LogP contribution in [-0.2, 0) is 0 Å². The van der Waals surface area contributed by atoms with Gasteiger partial charge in [0.2, 0.25) is 0 Å². The van der Waals surface area contributed by atoms with Crippen molar-refractivity contribution in [3.8, 4) is 10.6 Å². The van der Waals surface area contributed by atoms with Gasteiger partial charge in [-0.15, -0.1) is 22.7 Å². The Bertz CT molecular complexity index is 546. The summed E-state index contributed by atoms with van der Waals surface area (Å²) in [5.41, 5.74) is 1.11. The first kappa shape index (κ1) is 13.7. The molecule has 3 heterocycles. The van der Waals surface area contributed by atoms with Crippen LogP contribution in [0.15, 0.2) is 21.3 Å². The van der Waals surface area contributed by atoms with Gasteiger partial charge >= 0.3 is 0 Å². The lowest BCUT2D eigenvalue weighted by atomic mass is 10.2. The molecule has 1 aliphatic rings. The number of hydrogen-bond donors (Lipinski definition) is 1. The normalized spacial score (nSPS) is 18.6. The van der Waals surface area contributed by atoms with Gasteiger partial charge in [-0.2, -0.15) is 0 Å². The maximum absolute atomic E-state index is 4.81. The second-order valence-corrected chi connectivity index (χ2v) is 7.99. The molecule has 1 atom stereocenters. The number of thiazole rings is 1. The fourth-order valence-corrected chi connectivity index (χ4v) is 4.60. The van der Waals surface area contributed by atoms with Crippen molar-refractivity contribution in [3.05, 3.63) is 26.3 Å². The zero-order valence-electron chi connectivity index (χ0n) is 10.7. The molecule has 0 radical (unpaired) electrons. The SMILES string of the molecule is CC(c1nc(-c2ccc(Br)s2)cs1)N1CCNCC1. The van der Waals surface area contributed by atoms with Crippen molar-refractivity contribution < 1.29 is 0 Å². The van der Waals surface area contributed by atoms with Crippen LogP contribution in [-0.4, -0.2) is 36.1 Å². The highest BCUT2D eigenvalue weighted by atomic mass is 79.9. The van der Waals surface area contributed by atoms with Crippen LogP contribution in [0.25, 0.3) is 10.6 Å². The Morgan fingerprint density at radius 2 is 2.16 bits per heavy atom. The summed E-state index contributed by atoms with van der Waals surface area (Å²) in [7, 11) is 0. The van der Waals surface area contributed by atoms with E-state index in [4.69, 9.17) is 4.98 Å². The maximum Gasteiger partial charge on any atom is 0.110 e. The summed E-state index contributed by atoms with van der Waals surface area (Å²) in [4.78, 5) is 8.56. The molecular formula is C13H16BrN3S2. The minimum atomic E-state index is 0.421. The van der Waals surface area contributed by atoms with Crippen LogP contribution < -0.4 is 5.32 Å². The summed E-state index contributed by atoms with van der Waals surface area (Å²) in [5.74, 6) is 0. The van der Waals surface area contributed by atoms with Crippen LogP contribution in [0, 0.1) is 0 Å². The van der Waals surface area contributed by atoms with Crippen molar-refractivity contribution in [2.24, 2.45) is 0 Å². The lowest BCUT2D eigenvalue weighted by Gasteiger charge is -2.31. The van der Waals surface area contributed by atoms with Crippen molar-refractivity contribution in [3.63, 3.8) is 0 Å². The molecule has 102 valence electrons. The minimum absolute atomic E-state index is 0.421. The van der Waals surface area contributed by atoms with Gasteiger partial charge in [0.15, 0.2) is 0 Å². The smallest absolute Gasteiger partial charge is 0.110 e. The molecule has 2 aromatic heterocycles. The van der Waals surface area contributed by atoms with Gasteiger partial charge in [0, 0.05) is 31.6 Å². The number of rotatable bonds is 3. The molecule has 3 nitrogen and oxygen atoms in total. The number of nitrogens with zero attached hydrogens (tertiary/aromatic N) is 2. The Hall–Kier alpha value is -0.270. The zero-order chi connectivity index (χ0) is 13.2. The van der Waals surface area contributed by atoms with Gasteiger partial charge in [-0.05, 0) is 35.0 Å². The summed E-state index contributed by atoms with van der Waals surface area (Å²) < 4.78 is 1.16. The van der Waals surface area contributed by atoms with E-state index in [1.807, 2.05) is 0 Å². The van der Waals surface area contributed by atoms with E-state index >= 15 is 0 Å². The Morgan fingerprint density at radius 3 is 2.84 bits per heavy atom. The molecule has 6 heteroatoms. The van der Waals surface area contributed by atoms with E-state index in [2.05, 4.69) is 50.6 Å². The van der Waals surface area contributed by atoms with Crippen LogP contribution in [0.1, 0.15) is 18.0 Å². The third-order valence-corrected chi connectivity index (χ3v) is 6.07. The third-order valence-electron chi connectivity index (χ3n) is 3.40. The van der Waals surface area contributed by atoms with Crippen molar-refractivity contribution in [1.29, 1.82) is 0 Å². The van der Waals surface area contributed by atoms with Crippen LogP contribution in [0.4, 0.5) is 0 Å². The summed E-state index contributed by atoms with van der Waals surface area (Å²) in [6.45, 7) is 6.65. The highest BCUT2D eigenvalue weighted by molar-refractivity contribution is 9.11. The van der Waals surface area contributed by atoms with Crippen molar-refractivity contribution in [2.45, 2.75) is 13.0 Å². The molecule has 0 aromatic carbocycles. The monoisotopic (exact) mass is 357 g/mol. The molecule has 1 fully saturated rings. The van der Waals surface area contributed by atoms with Crippen molar-refractivity contribution in [1.82, 2.24) is 15.2 Å². The van der Waals surface area contributed by atoms with Gasteiger partial charge in [-0.1, -0.05) is 0 Å². The molecule has 3 rings (SSSR count). The molecule has 1 saturated heterocycles. The molecule has 19 heavy (non-hydrogen) atoms. The molecule has 1 N–H and O–H groups in total. The number of nitrogens with one attached hydrogen (secondary N) is 1. The average Bonchev–Trinajstić information content (AvgIpc) is 3.07. The lowest BCUT2D eigenvalue weighted by molar-refractivity contribution is 0.185. The predicted octanol–water partition coefficient (Wildman–Crippen LogP) is 3.60. The Balaban J connectivity index is 1.76. The highest BCUT2D eigenvalue weighted by Crippen LogP contribution is 2.34. The fraction of sp³-hybridized carbons (Fsp3) is 0.462. The first-order valence-corrected chi connectivity index (χ1v) is 8.89. The Morgan fingerprint density at radius 1 is 1.37 bits per heavy atom. The summed E-state index contributed by atoms with van der Waals surface area (Å²) in [5, 5.41) is 6.79. The van der Waals surface area contributed by atoms with Gasteiger partial charge in [0.05, 0.1) is 20.4 Å². The van der Waals surface area contributed by atoms with Crippen molar-refractivity contribution >= 4 is 38.6 Å². The first-order chi connectivity index (χ1) is 9.24. The zero-order valence-corrected chi connectivity index (χ0v) is 13.9. The van der Waals surface area contributed by atoms with E-state index in [1.54, 1.807) is 22.7 Å². The molecule has 0 spiro atoms. The standard InChI is InChI=1S/C13H16BrN3S2/c1-9(17-6-4-15-5-7-17)13-16-10(8-18-13)11-2-3-12(14)19-11/h2-3,8-9,15H,4-7H2,1H3. The lowest BCUT2D eigenvalue weighted by Crippen LogP contribution is -2.44. The first-order valence-electron chi connectivity index (χ1n) is 6.40. The highest BCUT2D eigenvalue weighted by Gasteiger charge is 2.20. The quantitative estimate of drug-likeness (QED) is 0.909. The Kier molecular flexibility index (Phi) is 4.34. The van der Waals surface area contributed by atoms with E-state index in [0.717, 1.165) is 35.7 Å². The molecule has 1 unspecified atom stereocenters. The number of halogens is 1. The van der Waals surface area contributed by atoms with Crippen LogP contribution in [0.2, 0.25) is 0 Å². The average molecular weight is 358 g/mol. The van der Waals surface area contributed by atoms with E-state index < -0.39 is 0 Å². The molecule has 2 aromatic rings. The van der Waals surface area contributed by atoms with Gasteiger partial charge in [-0.25, -0.2) is 4.98 Å². The van der Waals surface area contributed by atoms with E-state index in [1.165, 1.54) is 9.88 Å². The van der Waals surface area contributed by atoms with Gasteiger partial charge in [0.1, 0.15) is 5.01 Å². The third kappa shape index (κ3) is 3.08. The molecular weight excluding hydrogens is 342 g/mol. The van der Waals surface area contributed by atoms with E-state index in [0.29, 0.717) is 6.04 Å². The largest absolute Gasteiger partial charge is 0.314 e. The summed E-state index contributed by atoms with van der Waals surface area (Å²) >= 11 is 7.02. The molecule has 0 saturated carbocycles. The molecule has 0 amide bonds. The van der Waals surface area contributed by atoms with Crippen LogP contribution in [0.3, 0.4) is 0 Å². The second kappa shape index (κ2) is 6.01. The van der Waals surface area contributed by atoms with E-state index in [9.17, 15) is 0 Å².